The quantitative estimate of drug-likeness (QED) is 0.844. The van der Waals surface area contributed by atoms with E-state index in [0.29, 0.717) is 12.3 Å². The lowest BCUT2D eigenvalue weighted by atomic mass is 9.75. The number of aliphatic hydroxyl groups excluding tert-OH is 1. The van der Waals surface area contributed by atoms with Crippen molar-refractivity contribution in [3.63, 3.8) is 0 Å². The predicted molar refractivity (Wildman–Crippen MR) is 88.3 cm³/mol. The Kier molecular flexibility index (Phi) is 4.93. The number of hydrogen-bond acceptors (Lipinski definition) is 4. The van der Waals surface area contributed by atoms with Gasteiger partial charge in [-0.1, -0.05) is 6.07 Å². The van der Waals surface area contributed by atoms with E-state index in [1.807, 2.05) is 18.4 Å². The van der Waals surface area contributed by atoms with Crippen LogP contribution in [-0.4, -0.2) is 35.7 Å². The molecule has 1 saturated carbocycles. The minimum Gasteiger partial charge on any atom is -0.493 e. The molecule has 1 aliphatic carbocycles. The van der Waals surface area contributed by atoms with E-state index in [1.54, 1.807) is 11.8 Å². The molecule has 0 unspecified atom stereocenters. The van der Waals surface area contributed by atoms with Crippen LogP contribution < -0.4 is 10.1 Å². The van der Waals surface area contributed by atoms with Crippen LogP contribution in [0.1, 0.15) is 36.4 Å². The molecular weight excluding hydrogens is 298 g/mol. The van der Waals surface area contributed by atoms with Crippen LogP contribution in [0.4, 0.5) is 0 Å². The molecule has 1 fully saturated rings. The summed E-state index contributed by atoms with van der Waals surface area (Å²) in [6.45, 7) is 0.742. The van der Waals surface area contributed by atoms with E-state index >= 15 is 0 Å². The zero-order chi connectivity index (χ0) is 15.5. The van der Waals surface area contributed by atoms with Gasteiger partial charge in [-0.3, -0.25) is 4.79 Å². The summed E-state index contributed by atoms with van der Waals surface area (Å²) < 4.78 is 5.56. The highest BCUT2D eigenvalue weighted by atomic mass is 32.2. The predicted octanol–water partition coefficient (Wildman–Crippen LogP) is 2.30. The summed E-state index contributed by atoms with van der Waals surface area (Å²) in [5, 5.41) is 12.8. The van der Waals surface area contributed by atoms with E-state index in [4.69, 9.17) is 4.74 Å². The number of benzene rings is 1. The molecule has 1 heterocycles. The number of hydrogen-bond donors (Lipinski definition) is 2. The van der Waals surface area contributed by atoms with E-state index in [1.165, 1.54) is 5.56 Å². The Hall–Kier alpha value is -1.20. The first-order valence-electron chi connectivity index (χ1n) is 7.89. The van der Waals surface area contributed by atoms with Crippen molar-refractivity contribution < 1.29 is 14.6 Å². The molecule has 0 spiro atoms. The van der Waals surface area contributed by atoms with Gasteiger partial charge in [-0.15, -0.1) is 0 Å². The summed E-state index contributed by atoms with van der Waals surface area (Å²) in [5.41, 5.74) is 2.36. The van der Waals surface area contributed by atoms with E-state index in [0.717, 1.165) is 42.9 Å². The summed E-state index contributed by atoms with van der Waals surface area (Å²) in [7, 11) is 0. The molecule has 2 N–H and O–H groups in total. The Balaban J connectivity index is 1.74. The van der Waals surface area contributed by atoms with E-state index in [9.17, 15) is 9.90 Å². The first kappa shape index (κ1) is 15.7. The van der Waals surface area contributed by atoms with Crippen LogP contribution in [0.25, 0.3) is 0 Å². The maximum atomic E-state index is 12.1. The molecule has 4 nitrogen and oxygen atoms in total. The standard InChI is InChI=1S/C17H23NO3S/c1-22-7-5-16(20)18-17(13-9-14(19)10-13)12-2-3-15-11(8-12)4-6-21-15/h2-3,8,13-14,17,19H,4-7,9-10H2,1H3,(H,18,20)/t13?,14?,17-/m1/s1. The smallest absolute Gasteiger partial charge is 0.221 e. The second-order valence-electron chi connectivity index (χ2n) is 6.14. The fraction of sp³-hybridized carbons (Fsp3) is 0.588. The minimum absolute atomic E-state index is 0.00339. The fourth-order valence-electron chi connectivity index (χ4n) is 3.22. The molecule has 2 aliphatic rings. The van der Waals surface area contributed by atoms with Crippen molar-refractivity contribution in [1.82, 2.24) is 5.32 Å². The molecule has 0 bridgehead atoms. The van der Waals surface area contributed by atoms with Crippen molar-refractivity contribution in [2.45, 2.75) is 37.8 Å². The van der Waals surface area contributed by atoms with Crippen molar-refractivity contribution in [2.24, 2.45) is 5.92 Å². The number of aliphatic hydroxyl groups is 1. The Morgan fingerprint density at radius 3 is 3.05 bits per heavy atom. The van der Waals surface area contributed by atoms with Crippen molar-refractivity contribution in [2.75, 3.05) is 18.6 Å². The van der Waals surface area contributed by atoms with Crippen LogP contribution in [0, 0.1) is 5.92 Å². The summed E-state index contributed by atoms with van der Waals surface area (Å²) in [6, 6.07) is 6.22. The average molecular weight is 321 g/mol. The van der Waals surface area contributed by atoms with Crippen LogP contribution in [0.2, 0.25) is 0 Å². The lowest BCUT2D eigenvalue weighted by Gasteiger charge is -2.38. The summed E-state index contributed by atoms with van der Waals surface area (Å²) in [4.78, 5) is 12.1. The van der Waals surface area contributed by atoms with Crippen molar-refractivity contribution in [1.29, 1.82) is 0 Å². The molecule has 5 heteroatoms. The molecule has 1 amide bonds. The van der Waals surface area contributed by atoms with Gasteiger partial charge >= 0.3 is 0 Å². The van der Waals surface area contributed by atoms with E-state index in [-0.39, 0.29) is 18.1 Å². The van der Waals surface area contributed by atoms with Gasteiger partial charge < -0.3 is 15.2 Å². The molecule has 120 valence electrons. The maximum Gasteiger partial charge on any atom is 0.221 e. The van der Waals surface area contributed by atoms with E-state index in [2.05, 4.69) is 11.4 Å². The summed E-state index contributed by atoms with van der Waals surface area (Å²) in [5.74, 6) is 2.22. The number of amides is 1. The third kappa shape index (κ3) is 3.41. The summed E-state index contributed by atoms with van der Waals surface area (Å²) >= 11 is 1.68. The highest BCUT2D eigenvalue weighted by Gasteiger charge is 2.36. The van der Waals surface area contributed by atoms with Crippen LogP contribution in [0.3, 0.4) is 0 Å². The lowest BCUT2D eigenvalue weighted by molar-refractivity contribution is -0.122. The largest absolute Gasteiger partial charge is 0.493 e. The molecule has 0 saturated heterocycles. The van der Waals surface area contributed by atoms with Crippen LogP contribution in [0.5, 0.6) is 5.75 Å². The van der Waals surface area contributed by atoms with Crippen molar-refractivity contribution in [3.05, 3.63) is 29.3 Å². The third-order valence-corrected chi connectivity index (χ3v) is 5.16. The highest BCUT2D eigenvalue weighted by molar-refractivity contribution is 7.98. The number of carbonyl (C=O) groups excluding carboxylic acids is 1. The maximum absolute atomic E-state index is 12.1. The second-order valence-corrected chi connectivity index (χ2v) is 7.12. The van der Waals surface area contributed by atoms with Gasteiger partial charge in [-0.25, -0.2) is 0 Å². The molecule has 1 atom stereocenters. The van der Waals surface area contributed by atoms with Gasteiger partial charge in [-0.2, -0.15) is 11.8 Å². The van der Waals surface area contributed by atoms with Gasteiger partial charge in [0.05, 0.1) is 18.8 Å². The second kappa shape index (κ2) is 6.92. The molecule has 22 heavy (non-hydrogen) atoms. The van der Waals surface area contributed by atoms with Gasteiger partial charge in [-0.05, 0) is 48.3 Å². The number of nitrogens with one attached hydrogen (secondary N) is 1. The number of thioether (sulfide) groups is 1. The Bertz CT molecular complexity index is 543. The topological polar surface area (TPSA) is 58.6 Å². The lowest BCUT2D eigenvalue weighted by Crippen LogP contribution is -2.41. The van der Waals surface area contributed by atoms with E-state index < -0.39 is 0 Å². The van der Waals surface area contributed by atoms with Crippen molar-refractivity contribution >= 4 is 17.7 Å². The number of carbonyl (C=O) groups is 1. The fourth-order valence-corrected chi connectivity index (χ4v) is 3.61. The van der Waals surface area contributed by atoms with Gasteiger partial charge in [0, 0.05) is 18.6 Å². The molecule has 0 aromatic heterocycles. The first-order chi connectivity index (χ1) is 10.7. The van der Waals surface area contributed by atoms with Crippen LogP contribution in [0.15, 0.2) is 18.2 Å². The Morgan fingerprint density at radius 2 is 2.32 bits per heavy atom. The number of ether oxygens (including phenoxy) is 1. The molecule has 0 radical (unpaired) electrons. The average Bonchev–Trinajstić information content (AvgIpc) is 2.95. The SMILES string of the molecule is CSCCC(=O)N[C@H](c1ccc2c(c1)CCO2)C1CC(O)C1. The monoisotopic (exact) mass is 321 g/mol. The van der Waals surface area contributed by atoms with Gasteiger partial charge in [0.2, 0.25) is 5.91 Å². The van der Waals surface area contributed by atoms with Gasteiger partial charge in [0.25, 0.3) is 0 Å². The van der Waals surface area contributed by atoms with Crippen LogP contribution in [-0.2, 0) is 11.2 Å². The molecule has 1 aromatic carbocycles. The number of rotatable bonds is 6. The third-order valence-electron chi connectivity index (χ3n) is 4.54. The Labute approximate surface area is 135 Å². The summed E-state index contributed by atoms with van der Waals surface area (Å²) in [6.07, 6.45) is 4.80. The van der Waals surface area contributed by atoms with Crippen LogP contribution >= 0.6 is 11.8 Å². The highest BCUT2D eigenvalue weighted by Crippen LogP contribution is 2.39. The molecule has 1 aliphatic heterocycles. The zero-order valence-electron chi connectivity index (χ0n) is 12.9. The molecule has 3 rings (SSSR count). The van der Waals surface area contributed by atoms with Gasteiger partial charge in [0.1, 0.15) is 5.75 Å². The Morgan fingerprint density at radius 1 is 1.50 bits per heavy atom. The van der Waals surface area contributed by atoms with Gasteiger partial charge in [0.15, 0.2) is 0 Å². The molecular formula is C17H23NO3S. The number of fused-ring (bicyclic) bond motifs is 1. The molecule has 1 aromatic rings. The minimum atomic E-state index is -0.214. The van der Waals surface area contributed by atoms with Crippen molar-refractivity contribution in [3.8, 4) is 5.75 Å². The first-order valence-corrected chi connectivity index (χ1v) is 9.28. The normalized spacial score (nSPS) is 24.1. The zero-order valence-corrected chi connectivity index (χ0v) is 13.7.